The maximum absolute atomic E-state index is 10.7. The zero-order chi connectivity index (χ0) is 16.0. The minimum Gasteiger partial charge on any atom is -0.279 e. The number of rotatable bonds is 4. The smallest absolute Gasteiger partial charge is 0.279 e. The first-order chi connectivity index (χ1) is 8.37. The number of nitriles is 1. The maximum Gasteiger partial charge on any atom is 0.522 e. The predicted octanol–water partition coefficient (Wildman–Crippen LogP) is 4.30. The van der Waals surface area contributed by atoms with Crippen molar-refractivity contribution in [3.05, 3.63) is 0 Å². The Bertz CT molecular complexity index is 401. The Morgan fingerprint density at radius 3 is 1.26 bits per heavy atom. The van der Waals surface area contributed by atoms with E-state index in [9.17, 15) is 18.4 Å². The van der Waals surface area contributed by atoms with Crippen molar-refractivity contribution in [2.24, 2.45) is 0 Å². The van der Waals surface area contributed by atoms with Gasteiger partial charge in [0.25, 0.3) is 0 Å². The molecule has 0 saturated heterocycles. The number of hydrogen-bond acceptors (Lipinski definition) is 3. The summed E-state index contributed by atoms with van der Waals surface area (Å²) in [6.07, 6.45) is 0. The molecule has 1 N–H and O–H groups in total. The molecule has 0 rings (SSSR count). The van der Waals surface area contributed by atoms with Gasteiger partial charge >= 0.3 is 86.6 Å². The number of hydrogen-bond donors (Lipinski definition) is 1. The van der Waals surface area contributed by atoms with Crippen molar-refractivity contribution in [2.75, 3.05) is 0 Å². The van der Waals surface area contributed by atoms with Gasteiger partial charge in [-0.3, -0.25) is 4.55 Å². The summed E-state index contributed by atoms with van der Waals surface area (Å²) in [4.78, 5) is 2.63. The molecule has 0 unspecified atom stereocenters. The van der Waals surface area contributed by atoms with Gasteiger partial charge in [-0.15, -0.1) is 0 Å². The molecule has 0 aromatic carbocycles. The van der Waals surface area contributed by atoms with Gasteiger partial charge in [-0.05, 0) is 0 Å². The van der Waals surface area contributed by atoms with Crippen LogP contribution in [0.25, 0.3) is 0 Å². The standard InChI is InChI=1S/4C2H5.CHF3O3S.CN.Cu/c4*1-2;2-1(3,4)8(5,6)7;1-2;/h4*1H2,2H3;(H,5,6,7);;. The third-order valence-electron chi connectivity index (χ3n) is 2.72. The van der Waals surface area contributed by atoms with E-state index in [4.69, 9.17) is 13.0 Å². The molecule has 0 spiro atoms. The van der Waals surface area contributed by atoms with E-state index in [-0.39, 0.29) is 0 Å². The molecule has 19 heavy (non-hydrogen) atoms. The van der Waals surface area contributed by atoms with Crippen LogP contribution in [0.4, 0.5) is 13.2 Å². The Morgan fingerprint density at radius 1 is 1.05 bits per heavy atom. The van der Waals surface area contributed by atoms with Crippen molar-refractivity contribution < 1.29 is 37.9 Å². The van der Waals surface area contributed by atoms with Crippen molar-refractivity contribution in [2.45, 2.75) is 54.5 Å². The topological polar surface area (TPSA) is 78.2 Å². The Balaban J connectivity index is 0. The molecule has 0 atom stereocenters. The third-order valence-corrected chi connectivity index (χ3v) is 10.9. The van der Waals surface area contributed by atoms with Gasteiger partial charge in [-0.2, -0.15) is 21.6 Å². The number of nitrogens with zero attached hydrogens (tertiary/aromatic N) is 1. The summed E-state index contributed by atoms with van der Waals surface area (Å²) in [6.45, 7) is 8.67. The molecule has 0 amide bonds. The van der Waals surface area contributed by atoms with Crippen LogP contribution in [0, 0.1) is 10.2 Å². The SMILES string of the molecule is C[CH2][Cu]([C]#N)([CH2]C)([CH2]C)[CH2]C.O=S(=O)(O)C(F)(F)F. The van der Waals surface area contributed by atoms with Crippen LogP contribution in [0.5, 0.6) is 0 Å². The summed E-state index contributed by atoms with van der Waals surface area (Å²) in [6, 6.07) is 0. The van der Waals surface area contributed by atoms with Crippen LogP contribution in [0.15, 0.2) is 0 Å². The molecule has 0 aliphatic carbocycles. The van der Waals surface area contributed by atoms with E-state index in [1.54, 1.807) is 0 Å². The minimum absolute atomic E-state index is 1.08. The monoisotopic (exact) mass is 355 g/mol. The number of halogens is 3. The molecule has 0 aliphatic heterocycles. The summed E-state index contributed by atoms with van der Waals surface area (Å²) in [5, 5.41) is 13.5. The molecule has 0 aromatic rings. The van der Waals surface area contributed by atoms with E-state index in [0.717, 1.165) is 21.3 Å². The Kier molecular flexibility index (Phi) is 7.67. The second-order valence-electron chi connectivity index (χ2n) is 3.17. The summed E-state index contributed by atoms with van der Waals surface area (Å²) in [5.74, 6) is 0. The van der Waals surface area contributed by atoms with E-state index in [1.165, 1.54) is 0 Å². The molecule has 122 valence electrons. The van der Waals surface area contributed by atoms with Crippen molar-refractivity contribution in [1.29, 1.82) is 5.26 Å². The fraction of sp³-hybridized carbons (Fsp3) is 0.900. The zero-order valence-corrected chi connectivity index (χ0v) is 13.1. The van der Waals surface area contributed by atoms with Crippen molar-refractivity contribution in [3.8, 4) is 4.97 Å². The van der Waals surface area contributed by atoms with Crippen molar-refractivity contribution in [1.82, 2.24) is 0 Å². The average molecular weight is 356 g/mol. The van der Waals surface area contributed by atoms with E-state index < -0.39 is 27.4 Å². The Labute approximate surface area is 113 Å². The first-order valence-electron chi connectivity index (χ1n) is 5.34. The summed E-state index contributed by atoms with van der Waals surface area (Å²) in [5.41, 5.74) is -5.53. The molecule has 0 aliphatic rings. The normalized spacial score (nSPS) is 14.6. The third kappa shape index (κ3) is 5.30. The van der Waals surface area contributed by atoms with Crippen LogP contribution >= 0.6 is 0 Å². The molecular weight excluding hydrogens is 335 g/mol. The molecule has 0 aromatic heterocycles. The van der Waals surface area contributed by atoms with Gasteiger partial charge in [0.15, 0.2) is 0 Å². The maximum atomic E-state index is 10.7. The molecule has 4 nitrogen and oxygen atoms in total. The van der Waals surface area contributed by atoms with Crippen LogP contribution in [-0.4, -0.2) is 18.5 Å². The van der Waals surface area contributed by atoms with Gasteiger partial charge < -0.3 is 0 Å². The first kappa shape index (κ1) is 21.0. The van der Waals surface area contributed by atoms with Gasteiger partial charge in [-0.25, -0.2) is 0 Å². The molecule has 0 saturated carbocycles. The number of alkyl halides is 3. The van der Waals surface area contributed by atoms with Crippen LogP contribution in [0.3, 0.4) is 0 Å². The van der Waals surface area contributed by atoms with E-state index in [2.05, 4.69) is 32.7 Å². The zero-order valence-electron chi connectivity index (χ0n) is 11.4. The summed E-state index contributed by atoms with van der Waals surface area (Å²) < 4.78 is 57.5. The van der Waals surface area contributed by atoms with E-state index in [0.29, 0.717) is 0 Å². The molecule has 0 radical (unpaired) electrons. The summed E-state index contributed by atoms with van der Waals surface area (Å²) in [7, 11) is -5.84. The first-order valence-corrected chi connectivity index (χ1v) is 9.92. The van der Waals surface area contributed by atoms with Crippen LogP contribution in [-0.2, 0) is 21.9 Å². The quantitative estimate of drug-likeness (QED) is 0.463. The second-order valence-corrected chi connectivity index (χ2v) is 11.6. The molecule has 0 heterocycles. The van der Waals surface area contributed by atoms with Gasteiger partial charge in [0.1, 0.15) is 0 Å². The minimum atomic E-state index is -5.84. The van der Waals surface area contributed by atoms with Crippen molar-refractivity contribution >= 4 is 10.1 Å². The van der Waals surface area contributed by atoms with E-state index in [1.807, 2.05) is 0 Å². The fourth-order valence-corrected chi connectivity index (χ4v) is 4.52. The largest absolute Gasteiger partial charge is 0.522 e. The van der Waals surface area contributed by atoms with Crippen LogP contribution in [0.1, 0.15) is 27.7 Å². The van der Waals surface area contributed by atoms with Crippen molar-refractivity contribution in [3.63, 3.8) is 0 Å². The Morgan fingerprint density at radius 2 is 1.26 bits per heavy atom. The van der Waals surface area contributed by atoms with Gasteiger partial charge in [0.2, 0.25) is 0 Å². The van der Waals surface area contributed by atoms with Crippen LogP contribution < -0.4 is 0 Å². The molecule has 0 fully saturated rings. The van der Waals surface area contributed by atoms with Gasteiger partial charge in [0, 0.05) is 0 Å². The summed E-state index contributed by atoms with van der Waals surface area (Å²) >= 11 is -1.58. The van der Waals surface area contributed by atoms with Crippen LogP contribution in [0.2, 0.25) is 21.3 Å². The van der Waals surface area contributed by atoms with Gasteiger partial charge in [0.05, 0.1) is 0 Å². The van der Waals surface area contributed by atoms with E-state index >= 15 is 0 Å². The second kappa shape index (κ2) is 6.93. The fourth-order valence-electron chi connectivity index (χ4n) is 1.10. The molecular formula is C10H21CuF3NO3S. The Hall–Kier alpha value is -0.291. The predicted molar refractivity (Wildman–Crippen MR) is 65.1 cm³/mol. The van der Waals surface area contributed by atoms with Gasteiger partial charge in [-0.1, -0.05) is 0 Å². The average Bonchev–Trinajstić information content (AvgIpc) is 2.33. The molecule has 9 heteroatoms. The molecule has 0 bridgehead atoms.